The molecule has 4 atom stereocenters. The number of rotatable bonds is 18. The van der Waals surface area contributed by atoms with Crippen molar-refractivity contribution in [1.29, 1.82) is 0 Å². The van der Waals surface area contributed by atoms with Gasteiger partial charge < -0.3 is 58.6 Å². The Kier molecular flexibility index (Phi) is 21.2. The van der Waals surface area contributed by atoms with Crippen molar-refractivity contribution in [3.05, 3.63) is 199 Å². The fourth-order valence-electron chi connectivity index (χ4n) is 15.4. The van der Waals surface area contributed by atoms with Crippen molar-refractivity contribution in [3.8, 4) is 0 Å². The quantitative estimate of drug-likeness (QED) is 0.0344. The monoisotopic (exact) mass is 1440 g/mol. The molecule has 24 nitrogen and oxygen atoms in total. The van der Waals surface area contributed by atoms with Crippen LogP contribution in [0.15, 0.2) is 109 Å². The van der Waals surface area contributed by atoms with E-state index in [1.807, 2.05) is 104 Å². The zero-order chi connectivity index (χ0) is 76.7. The molecule has 0 radical (unpaired) electrons. The summed E-state index contributed by atoms with van der Waals surface area (Å²) < 4.78 is 30.7. The van der Waals surface area contributed by atoms with Crippen molar-refractivity contribution in [2.75, 3.05) is 42.7 Å². The van der Waals surface area contributed by atoms with Gasteiger partial charge in [0, 0.05) is 81.0 Å². The number of aliphatic carboxylic acids is 2. The van der Waals surface area contributed by atoms with Crippen LogP contribution in [0.25, 0.3) is 77.6 Å². The minimum absolute atomic E-state index is 0.0715. The summed E-state index contributed by atoms with van der Waals surface area (Å²) in [5.74, 6) is -7.34. The van der Waals surface area contributed by atoms with E-state index < -0.39 is 58.5 Å². The average Bonchev–Trinajstić information content (AvgIpc) is 1.53. The first-order chi connectivity index (χ1) is 50.5. The Balaban J connectivity index is 0.000000212. The normalized spacial score (nSPS) is 17.8. The van der Waals surface area contributed by atoms with Gasteiger partial charge in [-0.1, -0.05) is 49.6 Å². The van der Waals surface area contributed by atoms with Gasteiger partial charge in [0.05, 0.1) is 110 Å². The molecule has 12 rings (SSSR count). The van der Waals surface area contributed by atoms with E-state index >= 15 is 0 Å². The minimum atomic E-state index is -1.18. The number of aromatic amines is 4. The first kappa shape index (κ1) is 75.1. The summed E-state index contributed by atoms with van der Waals surface area (Å²) in [5, 5.41) is 19.3. The van der Waals surface area contributed by atoms with E-state index in [1.165, 1.54) is 42.7 Å². The second kappa shape index (κ2) is 29.9. The summed E-state index contributed by atoms with van der Waals surface area (Å²) in [6, 6.07) is 15.2. The molecule has 0 fully saturated rings. The lowest BCUT2D eigenvalue weighted by atomic mass is 9.64. The first-order valence-corrected chi connectivity index (χ1v) is 34.4. The largest absolute Gasteiger partial charge is 0.481 e. The van der Waals surface area contributed by atoms with Gasteiger partial charge in [-0.3, -0.25) is 38.7 Å². The number of carbonyl (C=O) groups is 8. The van der Waals surface area contributed by atoms with Gasteiger partial charge in [-0.2, -0.15) is 0 Å². The second-order valence-corrected chi connectivity index (χ2v) is 27.0. The Bertz CT molecular complexity index is 5410. The van der Waals surface area contributed by atoms with E-state index in [-0.39, 0.29) is 61.6 Å². The molecule has 10 heterocycles. The van der Waals surface area contributed by atoms with Gasteiger partial charge in [0.2, 0.25) is 0 Å². The molecule has 0 spiro atoms. The van der Waals surface area contributed by atoms with Crippen molar-refractivity contribution in [1.82, 2.24) is 39.9 Å². The number of esters is 6. The summed E-state index contributed by atoms with van der Waals surface area (Å²) >= 11 is 0. The van der Waals surface area contributed by atoms with Gasteiger partial charge in [0.25, 0.3) is 0 Å². The molecule has 6 aliphatic rings. The van der Waals surface area contributed by atoms with Crippen LogP contribution in [-0.4, -0.2) is 140 Å². The third-order valence-corrected chi connectivity index (χ3v) is 21.4. The van der Waals surface area contributed by atoms with Crippen LogP contribution < -0.4 is 0 Å². The molecule has 6 N–H and O–H groups in total. The van der Waals surface area contributed by atoms with Crippen LogP contribution in [0.1, 0.15) is 143 Å². The average molecular weight is 1440 g/mol. The van der Waals surface area contributed by atoms with Gasteiger partial charge in [0.15, 0.2) is 0 Å². The highest BCUT2D eigenvalue weighted by atomic mass is 16.5. The van der Waals surface area contributed by atoms with Crippen LogP contribution in [0, 0.1) is 39.5 Å². The van der Waals surface area contributed by atoms with Crippen LogP contribution in [0.2, 0.25) is 0 Å². The number of hydrogen-bond donors (Lipinski definition) is 6. The van der Waals surface area contributed by atoms with Gasteiger partial charge >= 0.3 is 47.8 Å². The summed E-state index contributed by atoms with van der Waals surface area (Å²) in [5.41, 5.74) is 19.8. The first-order valence-electron chi connectivity index (χ1n) is 34.4. The molecule has 0 aromatic carbocycles. The predicted octanol–water partition coefficient (Wildman–Crippen LogP) is 12.8. The third-order valence-electron chi connectivity index (χ3n) is 21.4. The predicted molar refractivity (Wildman–Crippen MR) is 401 cm³/mol. The fraction of sp³-hybridized carbons (Fsp3) is 0.317. The topological polar surface area (TPSA) is 347 Å². The van der Waals surface area contributed by atoms with Gasteiger partial charge in [-0.25, -0.2) is 19.6 Å². The number of methoxy groups -OCH3 is 6. The number of hydrogen-bond acceptors (Lipinski definition) is 18. The number of fused-ring (bicyclic) bond motifs is 22. The number of ether oxygens (including phenoxy) is 6. The number of carboxylic acids is 2. The molecule has 4 unspecified atom stereocenters. The zero-order valence-corrected chi connectivity index (χ0v) is 61.7. The highest BCUT2D eigenvalue weighted by Gasteiger charge is 2.55. The SMILES string of the molecule is C=CC1=C(C)c2cc3nc(cc4[nH]c(cc5[nH]c(cc1n2)c(C)c5CCC(=O)O)c(CCC(=O)OC)c4C)C1(C)C3=CC=C(C(=O)OC)C1C(=O)OC.C=CC1=C(C)c2cc3nc(cc4[nH]c(cc5[nH]c(cc1n2)c(C)c5CCC(=O)OC)c(CCC(=O)O)c4C)C1(C)C3=CC=C(C(=O)OC)C1C(=O)OC. The summed E-state index contributed by atoms with van der Waals surface area (Å²) in [4.78, 5) is 136. The molecule has 6 aromatic heterocycles. The lowest BCUT2D eigenvalue weighted by molar-refractivity contribution is -0.149. The van der Waals surface area contributed by atoms with E-state index in [4.69, 9.17) is 48.4 Å². The van der Waals surface area contributed by atoms with Crippen LogP contribution >= 0.6 is 0 Å². The number of carboxylic acid groups (broad SMARTS) is 2. The lowest BCUT2D eigenvalue weighted by Crippen LogP contribution is -2.42. The van der Waals surface area contributed by atoms with Crippen molar-refractivity contribution in [3.63, 3.8) is 0 Å². The molecule has 106 heavy (non-hydrogen) atoms. The molecule has 548 valence electrons. The molecule has 2 aliphatic carbocycles. The fourth-order valence-corrected chi connectivity index (χ4v) is 15.4. The van der Waals surface area contributed by atoms with E-state index in [2.05, 4.69) is 33.1 Å². The highest BCUT2D eigenvalue weighted by molar-refractivity contribution is 6.04. The maximum atomic E-state index is 13.7. The molecular formula is C82H84N8O16. The van der Waals surface area contributed by atoms with Crippen LogP contribution in [0.4, 0.5) is 0 Å². The molecular weight excluding hydrogens is 1350 g/mol. The van der Waals surface area contributed by atoms with E-state index in [0.717, 1.165) is 83.4 Å². The summed E-state index contributed by atoms with van der Waals surface area (Å²) in [7, 11) is 7.78. The summed E-state index contributed by atoms with van der Waals surface area (Å²) in [6.45, 7) is 23.5. The highest BCUT2D eigenvalue weighted by Crippen LogP contribution is 2.55. The molecule has 24 heteroatoms. The number of nitrogens with one attached hydrogen (secondary N) is 4. The second-order valence-electron chi connectivity index (χ2n) is 27.0. The van der Waals surface area contributed by atoms with Crippen molar-refractivity contribution < 1.29 is 77.0 Å². The van der Waals surface area contributed by atoms with E-state index in [1.54, 1.807) is 36.5 Å². The standard InChI is InChI=1S/2C41H42N4O8/c1-9-23-20(2)29-17-34-27-13-10-26(39(49)52-7)38(40(50)53-8)41(27,5)35(45-34)19-30-22(4)24(11-14-36(46)47)32(44-30)18-33-25(12-15-37(48)51-6)21(3)28(43-33)16-31(23)42-29;1-9-23-20(2)29-17-34-27-13-10-26(39(49)52-7)38(40(50)53-8)41(27,5)35(45-34)19-30-22(4)25(12-15-37(48)51-6)33(44-30)18-32-24(11-14-36(46)47)21(3)28(43-32)16-31(23)42-29/h2*9-10,13,16-19,38,43-44H,1,11-12,14-15H2,2-8H3,(H,46,47). The molecule has 0 amide bonds. The van der Waals surface area contributed by atoms with Gasteiger partial charge in [-0.05, 0) is 196 Å². The lowest BCUT2D eigenvalue weighted by Gasteiger charge is -2.36. The van der Waals surface area contributed by atoms with Gasteiger partial charge in [-0.15, -0.1) is 0 Å². The van der Waals surface area contributed by atoms with Crippen LogP contribution in [0.5, 0.6) is 0 Å². The third kappa shape index (κ3) is 13.4. The van der Waals surface area contributed by atoms with Crippen molar-refractivity contribution in [2.45, 2.75) is 118 Å². The number of aryl methyl sites for hydroxylation is 8. The summed E-state index contributed by atoms with van der Waals surface area (Å²) in [6.07, 6.45) is 11.6. The van der Waals surface area contributed by atoms with Crippen LogP contribution in [0.3, 0.4) is 0 Å². The van der Waals surface area contributed by atoms with Crippen LogP contribution in [-0.2, 0) is 103 Å². The van der Waals surface area contributed by atoms with Crippen molar-refractivity contribution in [2.24, 2.45) is 11.8 Å². The van der Waals surface area contributed by atoms with E-state index in [9.17, 15) is 48.6 Å². The Morgan fingerprint density at radius 3 is 1.02 bits per heavy atom. The molecule has 0 saturated carbocycles. The number of aromatic nitrogens is 8. The number of carbonyl (C=O) groups excluding carboxylic acids is 6. The van der Waals surface area contributed by atoms with Gasteiger partial charge in [0.1, 0.15) is 11.8 Å². The van der Waals surface area contributed by atoms with Crippen molar-refractivity contribution >= 4 is 125 Å². The maximum Gasteiger partial charge on any atom is 0.334 e. The minimum Gasteiger partial charge on any atom is -0.481 e. The van der Waals surface area contributed by atoms with E-state index in [0.29, 0.717) is 97.1 Å². The molecule has 0 saturated heterocycles. The molecule has 4 aliphatic heterocycles. The zero-order valence-electron chi connectivity index (χ0n) is 61.7. The molecule has 16 bridgehead atoms. The Morgan fingerprint density at radius 1 is 0.406 bits per heavy atom. The maximum absolute atomic E-state index is 13.7. The number of nitrogens with zero attached hydrogens (tertiary/aromatic N) is 4. The number of allylic oxidation sites excluding steroid dienone is 12. The number of H-pyrrole nitrogens is 4. The Labute approximate surface area is 610 Å². The Hall–Kier alpha value is -12.1. The molecule has 6 aromatic rings. The smallest absolute Gasteiger partial charge is 0.334 e. The Morgan fingerprint density at radius 2 is 0.726 bits per heavy atom.